The zero-order valence-electron chi connectivity index (χ0n) is 61.1. The molecule has 2 N–H and O–H groups in total. The third-order valence-corrected chi connectivity index (χ3v) is 28.8. The molecule has 2 saturated carbocycles. The van der Waals surface area contributed by atoms with Gasteiger partial charge in [-0.1, -0.05) is 0 Å². The summed E-state index contributed by atoms with van der Waals surface area (Å²) in [4.78, 5) is 109. The van der Waals surface area contributed by atoms with Gasteiger partial charge in [-0.05, 0) is 375 Å². The minimum atomic E-state index is -1.35. The Bertz CT molecular complexity index is 3820. The van der Waals surface area contributed by atoms with Crippen LogP contribution in [-0.4, -0.2) is 85.0 Å². The van der Waals surface area contributed by atoms with Gasteiger partial charge in [0.2, 0.25) is 0 Å². The number of hydrogen-bond acceptors (Lipinski definition) is 13. The fourth-order valence-electron chi connectivity index (χ4n) is 24.4. The van der Waals surface area contributed by atoms with Crippen LogP contribution in [0.3, 0.4) is 0 Å². The second-order valence-electron chi connectivity index (χ2n) is 34.1. The third-order valence-electron chi connectivity index (χ3n) is 28.8. The lowest BCUT2D eigenvalue weighted by atomic mass is 9.79. The van der Waals surface area contributed by atoms with Gasteiger partial charge in [-0.2, -0.15) is 0 Å². The van der Waals surface area contributed by atoms with Crippen molar-refractivity contribution >= 4 is 52.0 Å². The van der Waals surface area contributed by atoms with E-state index in [0.717, 1.165) is 99.3 Å². The van der Waals surface area contributed by atoms with Gasteiger partial charge >= 0.3 is 0 Å². The maximum Gasteiger partial charge on any atom is 0.198 e. The normalized spacial score (nSPS) is 30.5. The van der Waals surface area contributed by atoms with Crippen LogP contribution in [0.15, 0.2) is 33.4 Å². The van der Waals surface area contributed by atoms with E-state index in [0.29, 0.717) is 94.0 Å². The zero-order chi connectivity index (χ0) is 70.7. The Labute approximate surface area is 607 Å². The highest BCUT2D eigenvalue weighted by atomic mass is 16.7. The van der Waals surface area contributed by atoms with Crippen LogP contribution in [0.1, 0.15) is 323 Å². The summed E-state index contributed by atoms with van der Waals surface area (Å²) in [5, 5.41) is 21.7. The first kappa shape index (κ1) is 69.8. The Morgan fingerprint density at radius 3 is 0.835 bits per heavy atom. The molecule has 544 valence electrons. The van der Waals surface area contributed by atoms with Crippen molar-refractivity contribution in [3.63, 3.8) is 0 Å². The Balaban J connectivity index is 0.0000000919. The molecule has 0 unspecified atom stereocenters. The monoisotopic (exact) mass is 1390 g/mol. The summed E-state index contributed by atoms with van der Waals surface area (Å²) in [5.74, 6) is -3.60. The molecule has 3 aromatic rings. The molecule has 4 aliphatic heterocycles. The predicted molar refractivity (Wildman–Crippen MR) is 389 cm³/mol. The van der Waals surface area contributed by atoms with Crippen molar-refractivity contribution in [2.45, 2.75) is 350 Å². The highest BCUT2D eigenvalue weighted by Crippen LogP contribution is 2.57. The van der Waals surface area contributed by atoms with E-state index >= 15 is 0 Å². The Hall–Kier alpha value is -6.25. The van der Waals surface area contributed by atoms with Crippen LogP contribution in [0.5, 0.6) is 0 Å². The molecule has 19 aliphatic rings. The lowest BCUT2D eigenvalue weighted by Gasteiger charge is -2.44. The molecule has 103 heavy (non-hydrogen) atoms. The molecular formula is C90H106O13. The predicted octanol–water partition coefficient (Wildman–Crippen LogP) is 14.5. The third kappa shape index (κ3) is 11.8. The van der Waals surface area contributed by atoms with Gasteiger partial charge in [0.25, 0.3) is 0 Å². The highest BCUT2D eigenvalue weighted by molar-refractivity contribution is 6.37. The summed E-state index contributed by atoms with van der Waals surface area (Å²) in [5.41, 5.74) is 33.0. The zero-order valence-corrected chi connectivity index (χ0v) is 61.1. The van der Waals surface area contributed by atoms with Gasteiger partial charge in [-0.25, -0.2) is 0 Å². The van der Waals surface area contributed by atoms with Crippen LogP contribution in [0, 0.1) is 11.8 Å². The summed E-state index contributed by atoms with van der Waals surface area (Å²) in [6.07, 6.45) is 49.0. The van der Waals surface area contributed by atoms with Crippen molar-refractivity contribution < 1.29 is 62.8 Å². The minimum absolute atomic E-state index is 0.0123. The van der Waals surface area contributed by atoms with Crippen LogP contribution < -0.4 is 0 Å². The van der Waals surface area contributed by atoms with E-state index in [-0.39, 0.29) is 72.2 Å². The second-order valence-corrected chi connectivity index (χ2v) is 34.1. The van der Waals surface area contributed by atoms with Gasteiger partial charge in [-0.3, -0.25) is 43.2 Å². The number of carbonyl (C=O) groups is 9. The summed E-state index contributed by atoms with van der Waals surface area (Å²) in [6, 6.07) is 0. The molecule has 6 atom stereocenters. The van der Waals surface area contributed by atoms with E-state index in [1.807, 2.05) is 66.8 Å². The maximum absolute atomic E-state index is 12.7. The number of allylic oxidation sites excluding steroid dienone is 4. The van der Waals surface area contributed by atoms with Crippen LogP contribution in [0.2, 0.25) is 0 Å². The van der Waals surface area contributed by atoms with Gasteiger partial charge in [-0.15, -0.1) is 0 Å². The summed E-state index contributed by atoms with van der Waals surface area (Å²) >= 11 is 0. The van der Waals surface area contributed by atoms with Gasteiger partial charge in [0.05, 0.1) is 11.8 Å². The molecule has 0 amide bonds. The van der Waals surface area contributed by atoms with Crippen LogP contribution in [-0.2, 0) is 157 Å². The van der Waals surface area contributed by atoms with Crippen molar-refractivity contribution in [2.75, 3.05) is 0 Å². The summed E-state index contributed by atoms with van der Waals surface area (Å²) < 4.78 is 11.9. The Morgan fingerprint density at radius 1 is 0.233 bits per heavy atom. The van der Waals surface area contributed by atoms with Gasteiger partial charge in [0.15, 0.2) is 63.6 Å². The second kappa shape index (κ2) is 27.8. The van der Waals surface area contributed by atoms with E-state index in [4.69, 9.17) is 9.47 Å². The number of Topliss-reactive ketones (excluding diaryl/α,β-unsaturated/α-hetero) is 9. The number of rotatable bonds is 0. The SMILES string of the molecule is C1Cc2c3c(c4c(c2C1)CCC4)CCC3.C1Cc2c3c(c4c(c2C1)CCC4)CCC3.O=C1C2=C(CCC2)[C@]2(O)CCC[C@]3(O2)C(=O)CC[C@@H]13.O=C1C2=C(CCC2)[C@]2(O)CCC[C@]3(O2)C(=O)CC[C@@H]13.O=C1CCCC(=O)C2=C(CCC2)C(=O)CCCC1=O.O=C1CCc2c3c(c4c(c21)CCC4)CCC3. The molecule has 4 fully saturated rings. The largest absolute Gasteiger partial charge is 0.362 e. The fourth-order valence-corrected chi connectivity index (χ4v) is 24.4. The standard InChI is InChI=1S/3C15H18O4.C15H16O.2C15H18/c2*16-12-6-5-11-13(17)9-3-1-4-10(9)15(18)8-2-7-14(11,12)19-15;16-12-6-2-8-14(18)15(19)9-3-7-13(17)11-5-1-4-10(11)12;16-14-8-7-13-11-4-1-3-9(11)10-5-2-6-12(10)15(13)14;2*1-4-10-11(5-1)13-7-3-9-15(13)14-8-2-6-12(10)14/h2*11,18H,1-8H2;1-9H2;1-8H2;2*1-9H2/t2*11-,14+,15-;;;;/m00..../s1. The quantitative estimate of drug-likeness (QED) is 0.201. The van der Waals surface area contributed by atoms with E-state index in [1.165, 1.54) is 164 Å². The fraction of sp³-hybridized carbons (Fsp3) is 0.633. The van der Waals surface area contributed by atoms with E-state index < -0.39 is 34.3 Å². The molecule has 4 bridgehead atoms. The molecule has 2 saturated heterocycles. The first-order valence-corrected chi connectivity index (χ1v) is 41.3. The molecule has 13 heteroatoms. The van der Waals surface area contributed by atoms with E-state index in [9.17, 15) is 53.4 Å². The van der Waals surface area contributed by atoms with Crippen LogP contribution in [0.4, 0.5) is 0 Å². The highest BCUT2D eigenvalue weighted by Gasteiger charge is 2.64. The topological polar surface area (TPSA) is 213 Å². The average Bonchev–Trinajstić information content (AvgIpc) is 1.58. The number of ether oxygens (including phenoxy) is 2. The lowest BCUT2D eigenvalue weighted by Crippen LogP contribution is -2.54. The summed E-state index contributed by atoms with van der Waals surface area (Å²) in [7, 11) is 0. The number of hydrogen-bond donors (Lipinski definition) is 2. The molecular weight excluding hydrogens is 1290 g/mol. The molecule has 2 spiro atoms. The van der Waals surface area contributed by atoms with Crippen LogP contribution in [0.25, 0.3) is 0 Å². The molecule has 13 nitrogen and oxygen atoms in total. The van der Waals surface area contributed by atoms with Crippen molar-refractivity contribution in [2.24, 2.45) is 11.8 Å². The smallest absolute Gasteiger partial charge is 0.198 e. The van der Waals surface area contributed by atoms with Gasteiger partial charge in [0, 0.05) is 85.6 Å². The molecule has 4 heterocycles. The van der Waals surface area contributed by atoms with Gasteiger partial charge in [0.1, 0.15) is 11.2 Å². The molecule has 15 aliphatic carbocycles. The number of aliphatic hydroxyl groups is 2. The minimum Gasteiger partial charge on any atom is -0.362 e. The Kier molecular flexibility index (Phi) is 18.9. The van der Waals surface area contributed by atoms with E-state index in [2.05, 4.69) is 0 Å². The maximum atomic E-state index is 12.7. The number of fused-ring (bicyclic) bond motifs is 22. The molecule has 0 radical (unpaired) electrons. The first-order chi connectivity index (χ1) is 50.0. The number of ketones is 9. The summed E-state index contributed by atoms with van der Waals surface area (Å²) in [6.45, 7) is 0. The molecule has 0 aromatic heterocycles. The van der Waals surface area contributed by atoms with Crippen molar-refractivity contribution in [3.05, 3.63) is 134 Å². The first-order valence-electron chi connectivity index (χ1n) is 41.3. The molecule has 3 aromatic carbocycles. The van der Waals surface area contributed by atoms with Crippen LogP contribution >= 0.6 is 0 Å². The van der Waals surface area contributed by atoms with Gasteiger partial charge < -0.3 is 19.7 Å². The number of carbonyl (C=O) groups excluding carboxylic acids is 9. The average molecular weight is 1400 g/mol. The lowest BCUT2D eigenvalue weighted by molar-refractivity contribution is -0.266. The van der Waals surface area contributed by atoms with Crippen molar-refractivity contribution in [1.29, 1.82) is 0 Å². The van der Waals surface area contributed by atoms with Crippen molar-refractivity contribution in [3.8, 4) is 0 Å². The molecule has 22 rings (SSSR count). The number of benzene rings is 3. The van der Waals surface area contributed by atoms with E-state index in [1.54, 1.807) is 16.7 Å². The van der Waals surface area contributed by atoms with Crippen molar-refractivity contribution in [1.82, 2.24) is 0 Å². The Morgan fingerprint density at radius 2 is 0.495 bits per heavy atom.